The van der Waals surface area contributed by atoms with Gasteiger partial charge in [-0.2, -0.15) is 8.42 Å². The van der Waals surface area contributed by atoms with E-state index >= 15 is 0 Å². The Kier molecular flexibility index (Phi) is 3.90. The molecule has 5 nitrogen and oxygen atoms in total. The molecule has 1 aromatic carbocycles. The lowest BCUT2D eigenvalue weighted by atomic mass is 10.3. The molecule has 0 aliphatic heterocycles. The van der Waals surface area contributed by atoms with Crippen LogP contribution in [0.2, 0.25) is 0 Å². The summed E-state index contributed by atoms with van der Waals surface area (Å²) >= 11 is 0. The Balaban J connectivity index is 2.83. The van der Waals surface area contributed by atoms with Crippen LogP contribution >= 0.6 is 0 Å². The number of benzene rings is 1. The Morgan fingerprint density at radius 1 is 1.31 bits per heavy atom. The summed E-state index contributed by atoms with van der Waals surface area (Å²) in [5.74, 6) is 5.07. The molecule has 1 aromatic rings. The van der Waals surface area contributed by atoms with Crippen LogP contribution in [-0.2, 0) is 10.1 Å². The van der Waals surface area contributed by atoms with Gasteiger partial charge in [0.05, 0.1) is 4.90 Å². The molecule has 0 saturated heterocycles. The van der Waals surface area contributed by atoms with E-state index in [2.05, 4.69) is 11.8 Å². The minimum Gasteiger partial charge on any atom is -0.454 e. The van der Waals surface area contributed by atoms with E-state index in [0.29, 0.717) is 0 Å². The van der Waals surface area contributed by atoms with E-state index in [1.54, 1.807) is 6.92 Å². The molecular weight excluding hydrogens is 232 g/mol. The summed E-state index contributed by atoms with van der Waals surface area (Å²) in [5, 5.41) is 9.17. The Morgan fingerprint density at radius 3 is 2.31 bits per heavy atom. The van der Waals surface area contributed by atoms with Gasteiger partial charge in [-0.3, -0.25) is 4.55 Å². The van der Waals surface area contributed by atoms with Crippen molar-refractivity contribution < 1.29 is 22.8 Å². The van der Waals surface area contributed by atoms with E-state index in [4.69, 9.17) is 14.4 Å². The summed E-state index contributed by atoms with van der Waals surface area (Å²) < 4.78 is 35.1. The van der Waals surface area contributed by atoms with Gasteiger partial charge in [0.2, 0.25) is 0 Å². The molecule has 1 rings (SSSR count). The van der Waals surface area contributed by atoms with Crippen LogP contribution < -0.4 is 4.74 Å². The van der Waals surface area contributed by atoms with E-state index in [1.807, 2.05) is 0 Å². The Bertz CT molecular complexity index is 506. The highest BCUT2D eigenvalue weighted by Gasteiger charge is 2.09. The minimum atomic E-state index is -4.20. The fourth-order valence-corrected chi connectivity index (χ4v) is 1.45. The molecule has 0 aromatic heterocycles. The first-order valence-corrected chi connectivity index (χ1v) is 5.72. The summed E-state index contributed by atoms with van der Waals surface area (Å²) in [7, 11) is -4.20. The number of hydrogen-bond acceptors (Lipinski definition) is 4. The molecule has 0 radical (unpaired) electrons. The third-order valence-electron chi connectivity index (χ3n) is 1.64. The summed E-state index contributed by atoms with van der Waals surface area (Å²) in [6.45, 7) is 1.55. The van der Waals surface area contributed by atoms with Gasteiger partial charge >= 0.3 is 0 Å². The lowest BCUT2D eigenvalue weighted by Crippen LogP contribution is -2.12. The van der Waals surface area contributed by atoms with Crippen LogP contribution in [0.25, 0.3) is 0 Å². The van der Waals surface area contributed by atoms with E-state index in [-0.39, 0.29) is 10.6 Å². The van der Waals surface area contributed by atoms with Gasteiger partial charge in [-0.05, 0) is 37.1 Å². The van der Waals surface area contributed by atoms with Gasteiger partial charge in [-0.25, -0.2) is 0 Å². The zero-order valence-corrected chi connectivity index (χ0v) is 9.23. The molecule has 1 unspecified atom stereocenters. The first-order valence-electron chi connectivity index (χ1n) is 4.28. The SMILES string of the molecule is CC#CC(O)Oc1ccc(S(=O)(=O)O)cc1. The smallest absolute Gasteiger partial charge is 0.294 e. The zero-order chi connectivity index (χ0) is 12.2. The lowest BCUT2D eigenvalue weighted by molar-refractivity contribution is 0.0331. The number of aliphatic hydroxyl groups excluding tert-OH is 1. The van der Waals surface area contributed by atoms with Crippen molar-refractivity contribution in [2.24, 2.45) is 0 Å². The number of rotatable bonds is 3. The Morgan fingerprint density at radius 2 is 1.88 bits per heavy atom. The van der Waals surface area contributed by atoms with E-state index in [1.165, 1.54) is 12.1 Å². The van der Waals surface area contributed by atoms with Crippen LogP contribution in [0.5, 0.6) is 5.75 Å². The van der Waals surface area contributed by atoms with E-state index < -0.39 is 16.4 Å². The van der Waals surface area contributed by atoms with Gasteiger partial charge < -0.3 is 9.84 Å². The molecule has 16 heavy (non-hydrogen) atoms. The highest BCUT2D eigenvalue weighted by Crippen LogP contribution is 2.16. The molecule has 0 amide bonds. The van der Waals surface area contributed by atoms with Crippen molar-refractivity contribution in [3.8, 4) is 17.6 Å². The molecule has 0 aliphatic rings. The monoisotopic (exact) mass is 242 g/mol. The molecule has 0 spiro atoms. The zero-order valence-electron chi connectivity index (χ0n) is 8.41. The predicted molar refractivity (Wildman–Crippen MR) is 56.3 cm³/mol. The summed E-state index contributed by atoms with van der Waals surface area (Å²) in [5.41, 5.74) is 0. The van der Waals surface area contributed by atoms with Crippen LogP contribution in [0.4, 0.5) is 0 Å². The quantitative estimate of drug-likeness (QED) is 0.462. The molecular formula is C10H10O5S. The fraction of sp³-hybridized carbons (Fsp3) is 0.200. The molecule has 2 N–H and O–H groups in total. The normalized spacial score (nSPS) is 12.4. The molecule has 0 aliphatic carbocycles. The lowest BCUT2D eigenvalue weighted by Gasteiger charge is -2.07. The standard InChI is InChI=1S/C10H10O5S/c1-2-3-10(11)15-8-4-6-9(7-5-8)16(12,13)14/h4-7,10-11H,1H3,(H,12,13,14). The fourth-order valence-electron chi connectivity index (χ4n) is 0.972. The third kappa shape index (κ3) is 3.55. The third-order valence-corrected chi connectivity index (χ3v) is 2.51. The van der Waals surface area contributed by atoms with Crippen molar-refractivity contribution in [2.75, 3.05) is 0 Å². The second kappa shape index (κ2) is 4.99. The van der Waals surface area contributed by atoms with Gasteiger partial charge in [0.1, 0.15) is 5.75 Å². The van der Waals surface area contributed by atoms with Crippen molar-refractivity contribution in [3.63, 3.8) is 0 Å². The second-order valence-electron chi connectivity index (χ2n) is 2.81. The topological polar surface area (TPSA) is 83.8 Å². The van der Waals surface area contributed by atoms with Crippen molar-refractivity contribution >= 4 is 10.1 Å². The predicted octanol–water partition coefficient (Wildman–Crippen LogP) is 0.654. The Labute approximate surface area is 93.4 Å². The number of ether oxygens (including phenoxy) is 1. The van der Waals surface area contributed by atoms with Gasteiger partial charge in [0, 0.05) is 0 Å². The van der Waals surface area contributed by atoms with E-state index in [0.717, 1.165) is 12.1 Å². The van der Waals surface area contributed by atoms with Crippen LogP contribution in [0.15, 0.2) is 29.2 Å². The molecule has 1 atom stereocenters. The van der Waals surface area contributed by atoms with Gasteiger partial charge in [0.25, 0.3) is 16.4 Å². The van der Waals surface area contributed by atoms with Crippen LogP contribution in [-0.4, -0.2) is 24.4 Å². The first kappa shape index (κ1) is 12.5. The number of hydrogen-bond donors (Lipinski definition) is 2. The van der Waals surface area contributed by atoms with Crippen LogP contribution in [0, 0.1) is 11.8 Å². The van der Waals surface area contributed by atoms with Gasteiger partial charge in [-0.1, -0.05) is 0 Å². The van der Waals surface area contributed by atoms with Gasteiger partial charge in [-0.15, -0.1) is 5.92 Å². The average Bonchev–Trinajstić information content (AvgIpc) is 2.17. The largest absolute Gasteiger partial charge is 0.454 e. The maximum atomic E-state index is 10.7. The summed E-state index contributed by atoms with van der Waals surface area (Å²) in [6.07, 6.45) is -1.26. The number of aliphatic hydroxyl groups is 1. The van der Waals surface area contributed by atoms with Gasteiger partial charge in [0.15, 0.2) is 0 Å². The molecule has 0 heterocycles. The maximum absolute atomic E-state index is 10.7. The molecule has 0 saturated carbocycles. The summed E-state index contributed by atoms with van der Waals surface area (Å²) in [4.78, 5) is -0.240. The summed E-state index contributed by atoms with van der Waals surface area (Å²) in [6, 6.07) is 4.95. The van der Waals surface area contributed by atoms with Crippen molar-refractivity contribution in [3.05, 3.63) is 24.3 Å². The van der Waals surface area contributed by atoms with Crippen molar-refractivity contribution in [1.29, 1.82) is 0 Å². The van der Waals surface area contributed by atoms with Crippen LogP contribution in [0.1, 0.15) is 6.92 Å². The second-order valence-corrected chi connectivity index (χ2v) is 4.23. The highest BCUT2D eigenvalue weighted by molar-refractivity contribution is 7.85. The van der Waals surface area contributed by atoms with E-state index in [9.17, 15) is 8.42 Å². The average molecular weight is 242 g/mol. The van der Waals surface area contributed by atoms with Crippen molar-refractivity contribution in [1.82, 2.24) is 0 Å². The first-order chi connectivity index (χ1) is 7.43. The molecule has 6 heteroatoms. The maximum Gasteiger partial charge on any atom is 0.294 e. The Hall–Kier alpha value is -1.55. The van der Waals surface area contributed by atoms with Crippen molar-refractivity contribution in [2.45, 2.75) is 18.1 Å². The molecule has 0 fully saturated rings. The highest BCUT2D eigenvalue weighted by atomic mass is 32.2. The van der Waals surface area contributed by atoms with Crippen LogP contribution in [0.3, 0.4) is 0 Å². The molecule has 86 valence electrons. The minimum absolute atomic E-state index is 0.240. The molecule has 0 bridgehead atoms.